The van der Waals surface area contributed by atoms with Crippen molar-refractivity contribution in [3.05, 3.63) is 69.5 Å². The number of nitro groups is 1. The number of nitro benzene ring substituents is 1. The zero-order chi connectivity index (χ0) is 15.4. The van der Waals surface area contributed by atoms with Gasteiger partial charge in [0.05, 0.1) is 4.92 Å². The van der Waals surface area contributed by atoms with Crippen molar-refractivity contribution in [1.82, 2.24) is 0 Å². The van der Waals surface area contributed by atoms with Gasteiger partial charge in [0.2, 0.25) is 0 Å². The lowest BCUT2D eigenvalue weighted by atomic mass is 10.1. The molecule has 0 aliphatic rings. The first-order valence-electron chi connectivity index (χ1n) is 5.87. The maximum Gasteiger partial charge on any atom is 0.342 e. The van der Waals surface area contributed by atoms with Crippen molar-refractivity contribution in [2.24, 2.45) is 0 Å². The average Bonchev–Trinajstić information content (AvgIpc) is 2.46. The number of hydrogen-bond donors (Lipinski definition) is 1. The standard InChI is InChI=1S/C14H10FNO5/c15-12-4-2-1-3-9(12)8-21-10-5-6-13(16(19)20)11(7-10)14(17)18/h1-7H,8H2,(H,17,18). The van der Waals surface area contributed by atoms with Gasteiger partial charge in [-0.25, -0.2) is 9.18 Å². The second-order valence-electron chi connectivity index (χ2n) is 4.12. The van der Waals surface area contributed by atoms with Crippen LogP contribution >= 0.6 is 0 Å². The summed E-state index contributed by atoms with van der Waals surface area (Å²) < 4.78 is 18.7. The second kappa shape index (κ2) is 6.00. The van der Waals surface area contributed by atoms with E-state index >= 15 is 0 Å². The zero-order valence-corrected chi connectivity index (χ0v) is 10.7. The van der Waals surface area contributed by atoms with Gasteiger partial charge in [0, 0.05) is 17.7 Å². The number of halogens is 1. The van der Waals surface area contributed by atoms with Gasteiger partial charge in [-0.2, -0.15) is 0 Å². The van der Waals surface area contributed by atoms with Gasteiger partial charge in [-0.05, 0) is 12.1 Å². The molecule has 0 unspecified atom stereocenters. The lowest BCUT2D eigenvalue weighted by Gasteiger charge is -2.08. The van der Waals surface area contributed by atoms with E-state index in [0.29, 0.717) is 5.56 Å². The van der Waals surface area contributed by atoms with Crippen LogP contribution in [0.1, 0.15) is 15.9 Å². The molecule has 0 atom stereocenters. The monoisotopic (exact) mass is 291 g/mol. The zero-order valence-electron chi connectivity index (χ0n) is 10.7. The Morgan fingerprint density at radius 1 is 1.29 bits per heavy atom. The highest BCUT2D eigenvalue weighted by Gasteiger charge is 2.20. The summed E-state index contributed by atoms with van der Waals surface area (Å²) in [5.74, 6) is -1.77. The SMILES string of the molecule is O=C(O)c1cc(OCc2ccccc2F)ccc1[N+](=O)[O-]. The van der Waals surface area contributed by atoms with E-state index in [-0.39, 0.29) is 12.4 Å². The molecular weight excluding hydrogens is 281 g/mol. The lowest BCUT2D eigenvalue weighted by Crippen LogP contribution is -2.04. The molecule has 6 nitrogen and oxygen atoms in total. The van der Waals surface area contributed by atoms with Crippen LogP contribution in [0.25, 0.3) is 0 Å². The first-order valence-corrected chi connectivity index (χ1v) is 5.87. The predicted molar refractivity (Wildman–Crippen MR) is 70.8 cm³/mol. The highest BCUT2D eigenvalue weighted by Crippen LogP contribution is 2.25. The summed E-state index contributed by atoms with van der Waals surface area (Å²) in [5.41, 5.74) is -0.709. The Bertz CT molecular complexity index is 702. The number of carboxylic acids is 1. The van der Waals surface area contributed by atoms with Crippen molar-refractivity contribution in [3.63, 3.8) is 0 Å². The highest BCUT2D eigenvalue weighted by molar-refractivity contribution is 5.92. The van der Waals surface area contributed by atoms with Crippen molar-refractivity contribution < 1.29 is 24.0 Å². The van der Waals surface area contributed by atoms with Crippen LogP contribution in [-0.2, 0) is 6.61 Å². The minimum atomic E-state index is -1.43. The molecule has 0 bridgehead atoms. The van der Waals surface area contributed by atoms with E-state index in [2.05, 4.69) is 0 Å². The summed E-state index contributed by atoms with van der Waals surface area (Å²) in [5, 5.41) is 19.7. The van der Waals surface area contributed by atoms with Crippen LogP contribution in [0.15, 0.2) is 42.5 Å². The number of nitrogens with zero attached hydrogens (tertiary/aromatic N) is 1. The Balaban J connectivity index is 2.22. The first kappa shape index (κ1) is 14.4. The summed E-state index contributed by atoms with van der Waals surface area (Å²) in [6, 6.07) is 9.33. The fraction of sp³-hybridized carbons (Fsp3) is 0.0714. The minimum Gasteiger partial charge on any atom is -0.489 e. The number of carboxylic acid groups (broad SMARTS) is 1. The lowest BCUT2D eigenvalue weighted by molar-refractivity contribution is -0.385. The molecule has 7 heteroatoms. The van der Waals surface area contributed by atoms with E-state index in [1.165, 1.54) is 24.3 Å². The molecule has 0 fully saturated rings. The quantitative estimate of drug-likeness (QED) is 0.675. The fourth-order valence-electron chi connectivity index (χ4n) is 1.71. The van der Waals surface area contributed by atoms with E-state index in [1.54, 1.807) is 6.07 Å². The number of hydrogen-bond acceptors (Lipinski definition) is 4. The Morgan fingerprint density at radius 3 is 2.62 bits per heavy atom. The first-order chi connectivity index (χ1) is 9.99. The molecule has 0 saturated heterocycles. The van der Waals surface area contributed by atoms with Gasteiger partial charge >= 0.3 is 5.97 Å². The fourth-order valence-corrected chi connectivity index (χ4v) is 1.71. The summed E-state index contributed by atoms with van der Waals surface area (Å²) in [6.45, 7) is -0.108. The number of rotatable bonds is 5. The largest absolute Gasteiger partial charge is 0.489 e. The Labute approximate surface area is 118 Å². The summed E-state index contributed by atoms with van der Waals surface area (Å²) in [4.78, 5) is 20.9. The van der Waals surface area contributed by atoms with Crippen molar-refractivity contribution in [2.75, 3.05) is 0 Å². The molecule has 0 aromatic heterocycles. The Hall–Kier alpha value is -2.96. The number of carbonyl (C=O) groups is 1. The third kappa shape index (κ3) is 3.33. The van der Waals surface area contributed by atoms with Crippen molar-refractivity contribution in [2.45, 2.75) is 6.61 Å². The number of aromatic carboxylic acids is 1. The van der Waals surface area contributed by atoms with Crippen molar-refractivity contribution in [3.8, 4) is 5.75 Å². The van der Waals surface area contributed by atoms with E-state index in [1.807, 2.05) is 0 Å². The summed E-state index contributed by atoms with van der Waals surface area (Å²) in [7, 11) is 0. The smallest absolute Gasteiger partial charge is 0.342 e. The van der Waals surface area contributed by atoms with Gasteiger partial charge in [-0.1, -0.05) is 18.2 Å². The van der Waals surface area contributed by atoms with Gasteiger partial charge in [0.15, 0.2) is 0 Å². The minimum absolute atomic E-state index is 0.108. The van der Waals surface area contributed by atoms with Gasteiger partial charge in [0.25, 0.3) is 5.69 Å². The van der Waals surface area contributed by atoms with Crippen LogP contribution in [-0.4, -0.2) is 16.0 Å². The molecule has 2 aromatic carbocycles. The van der Waals surface area contributed by atoms with E-state index in [9.17, 15) is 19.3 Å². The molecule has 2 aromatic rings. The van der Waals surface area contributed by atoms with E-state index in [4.69, 9.17) is 9.84 Å². The van der Waals surface area contributed by atoms with Gasteiger partial charge in [-0.15, -0.1) is 0 Å². The molecular formula is C14H10FNO5. The molecule has 0 heterocycles. The van der Waals surface area contributed by atoms with Gasteiger partial charge in [-0.3, -0.25) is 10.1 Å². The van der Waals surface area contributed by atoms with Crippen LogP contribution in [0.2, 0.25) is 0 Å². The molecule has 108 valence electrons. The van der Waals surface area contributed by atoms with E-state index in [0.717, 1.165) is 12.1 Å². The normalized spacial score (nSPS) is 10.1. The molecule has 2 rings (SSSR count). The summed E-state index contributed by atoms with van der Waals surface area (Å²) in [6.07, 6.45) is 0. The third-order valence-electron chi connectivity index (χ3n) is 2.75. The average molecular weight is 291 g/mol. The molecule has 0 amide bonds. The van der Waals surface area contributed by atoms with Gasteiger partial charge in [0.1, 0.15) is 23.7 Å². The molecule has 0 saturated carbocycles. The highest BCUT2D eigenvalue weighted by atomic mass is 19.1. The number of ether oxygens (including phenoxy) is 1. The van der Waals surface area contributed by atoms with Gasteiger partial charge < -0.3 is 9.84 Å². The molecule has 0 aliphatic heterocycles. The van der Waals surface area contributed by atoms with E-state index < -0.39 is 28.0 Å². The van der Waals surface area contributed by atoms with Crippen LogP contribution in [0.3, 0.4) is 0 Å². The van der Waals surface area contributed by atoms with Crippen molar-refractivity contribution in [1.29, 1.82) is 0 Å². The van der Waals surface area contributed by atoms with Crippen LogP contribution in [0.5, 0.6) is 5.75 Å². The third-order valence-corrected chi connectivity index (χ3v) is 2.75. The molecule has 1 N–H and O–H groups in total. The molecule has 0 spiro atoms. The van der Waals surface area contributed by atoms with Crippen LogP contribution in [0, 0.1) is 15.9 Å². The van der Waals surface area contributed by atoms with Crippen LogP contribution in [0.4, 0.5) is 10.1 Å². The number of benzene rings is 2. The maximum atomic E-state index is 13.4. The van der Waals surface area contributed by atoms with Crippen LogP contribution < -0.4 is 4.74 Å². The summed E-state index contributed by atoms with van der Waals surface area (Å²) >= 11 is 0. The maximum absolute atomic E-state index is 13.4. The molecule has 0 radical (unpaired) electrons. The topological polar surface area (TPSA) is 89.7 Å². The van der Waals surface area contributed by atoms with Crippen molar-refractivity contribution >= 4 is 11.7 Å². The molecule has 21 heavy (non-hydrogen) atoms. The Morgan fingerprint density at radius 2 is 2.00 bits per heavy atom. The second-order valence-corrected chi connectivity index (χ2v) is 4.12. The Kier molecular flexibility index (Phi) is 4.13. The molecule has 0 aliphatic carbocycles. The predicted octanol–water partition coefficient (Wildman–Crippen LogP) is 3.01.